The summed E-state index contributed by atoms with van der Waals surface area (Å²) in [5.74, 6) is 0. The van der Waals surface area contributed by atoms with Gasteiger partial charge in [-0.25, -0.2) is 8.42 Å². The summed E-state index contributed by atoms with van der Waals surface area (Å²) in [5.41, 5.74) is 1.30. The van der Waals surface area contributed by atoms with Crippen LogP contribution < -0.4 is 0 Å². The molecule has 0 atom stereocenters. The van der Waals surface area contributed by atoms with Crippen molar-refractivity contribution in [2.24, 2.45) is 0 Å². The van der Waals surface area contributed by atoms with Gasteiger partial charge in [0.1, 0.15) is 0 Å². The first-order valence-electron chi connectivity index (χ1n) is 4.94. The van der Waals surface area contributed by atoms with E-state index in [9.17, 15) is 13.0 Å². The van der Waals surface area contributed by atoms with Crippen molar-refractivity contribution < 1.29 is 21.6 Å². The second-order valence-electron chi connectivity index (χ2n) is 4.65. The number of quaternary nitrogens is 1. The average molecular weight is 253 g/mol. The van der Waals surface area contributed by atoms with E-state index in [-0.39, 0.29) is 0 Å². The van der Waals surface area contributed by atoms with Gasteiger partial charge in [-0.2, -0.15) is 0 Å². The summed E-state index contributed by atoms with van der Waals surface area (Å²) in [7, 11) is 3.06. The Kier molecular flexibility index (Phi) is 8.73. The Morgan fingerprint density at radius 1 is 1.38 bits per heavy atom. The van der Waals surface area contributed by atoms with Crippen LogP contribution in [0.25, 0.3) is 0 Å². The molecule has 98 valence electrons. The molecule has 0 N–H and O–H groups in total. The predicted octanol–water partition coefficient (Wildman–Crippen LogP) is 1.14. The van der Waals surface area contributed by atoms with E-state index >= 15 is 0 Å². The molecule has 0 aromatic carbocycles. The van der Waals surface area contributed by atoms with Crippen LogP contribution in [0, 0.1) is 0 Å². The summed E-state index contributed by atoms with van der Waals surface area (Å²) < 4.78 is 32.1. The van der Waals surface area contributed by atoms with Crippen LogP contribution in [0.15, 0.2) is 12.2 Å². The lowest BCUT2D eigenvalue weighted by Gasteiger charge is -2.23. The lowest BCUT2D eigenvalue weighted by Crippen LogP contribution is -2.35. The van der Waals surface area contributed by atoms with Crippen LogP contribution in [-0.2, 0) is 14.6 Å². The fourth-order valence-corrected chi connectivity index (χ4v) is 0.855. The minimum Gasteiger partial charge on any atom is -0.726 e. The van der Waals surface area contributed by atoms with Crippen molar-refractivity contribution in [2.75, 3.05) is 34.8 Å². The molecule has 0 amide bonds. The minimum absolute atomic E-state index is 0.808. The largest absolute Gasteiger partial charge is 0.726 e. The lowest BCUT2D eigenvalue weighted by molar-refractivity contribution is -0.870. The molecule has 0 saturated carbocycles. The molecule has 0 saturated heterocycles. The Morgan fingerprint density at radius 2 is 1.75 bits per heavy atom. The number of nitrogens with zero attached hydrogens (tertiary/aromatic N) is 1. The minimum atomic E-state index is -4.41. The van der Waals surface area contributed by atoms with Crippen molar-refractivity contribution in [2.45, 2.75) is 19.8 Å². The molecule has 5 nitrogen and oxygen atoms in total. The van der Waals surface area contributed by atoms with Crippen molar-refractivity contribution in [3.05, 3.63) is 12.2 Å². The van der Waals surface area contributed by atoms with Crippen molar-refractivity contribution in [1.29, 1.82) is 0 Å². The zero-order chi connectivity index (χ0) is 13.4. The first-order chi connectivity index (χ1) is 6.98. The Balaban J connectivity index is 0. The highest BCUT2D eigenvalue weighted by Gasteiger charge is 2.04. The van der Waals surface area contributed by atoms with E-state index in [4.69, 9.17) is 0 Å². The SMILES string of the molecule is C=C(C)CCC[N+](C)(C)C.COS(=O)(=O)[O-]. The van der Waals surface area contributed by atoms with Gasteiger partial charge in [0.15, 0.2) is 0 Å². The molecular weight excluding hydrogens is 230 g/mol. The zero-order valence-electron chi connectivity index (χ0n) is 10.8. The highest BCUT2D eigenvalue weighted by atomic mass is 32.3. The fourth-order valence-electron chi connectivity index (χ4n) is 0.855. The summed E-state index contributed by atoms with van der Waals surface area (Å²) in [6.07, 6.45) is 2.44. The van der Waals surface area contributed by atoms with Crippen molar-refractivity contribution >= 4 is 10.4 Å². The quantitative estimate of drug-likeness (QED) is 0.319. The molecule has 6 heteroatoms. The van der Waals surface area contributed by atoms with E-state index in [1.165, 1.54) is 25.0 Å². The van der Waals surface area contributed by atoms with Gasteiger partial charge in [0, 0.05) is 6.42 Å². The third kappa shape index (κ3) is 23.4. The summed E-state index contributed by atoms with van der Waals surface area (Å²) >= 11 is 0. The molecule has 0 aromatic heterocycles. The molecule has 0 fully saturated rings. The van der Waals surface area contributed by atoms with Crippen LogP contribution >= 0.6 is 0 Å². The molecule has 16 heavy (non-hydrogen) atoms. The second-order valence-corrected chi connectivity index (χ2v) is 5.80. The summed E-state index contributed by atoms with van der Waals surface area (Å²) in [6, 6.07) is 0. The third-order valence-corrected chi connectivity index (χ3v) is 2.04. The second kappa shape index (κ2) is 7.78. The molecule has 0 bridgehead atoms. The van der Waals surface area contributed by atoms with E-state index in [1.807, 2.05) is 0 Å². The Morgan fingerprint density at radius 3 is 1.94 bits per heavy atom. The molecule has 0 aliphatic carbocycles. The maximum absolute atomic E-state index is 9.22. The number of hydrogen-bond donors (Lipinski definition) is 0. The third-order valence-electron chi connectivity index (χ3n) is 1.64. The van der Waals surface area contributed by atoms with Gasteiger partial charge in [0.25, 0.3) is 0 Å². The monoisotopic (exact) mass is 253 g/mol. The number of allylic oxidation sites excluding steroid dienone is 1. The summed E-state index contributed by atoms with van der Waals surface area (Å²) in [4.78, 5) is 0. The van der Waals surface area contributed by atoms with Gasteiger partial charge < -0.3 is 9.04 Å². The number of rotatable bonds is 5. The topological polar surface area (TPSA) is 66.4 Å². The van der Waals surface area contributed by atoms with Gasteiger partial charge in [-0.15, -0.1) is 6.58 Å². The van der Waals surface area contributed by atoms with Gasteiger partial charge in [0.05, 0.1) is 34.8 Å². The molecule has 0 aliphatic rings. The molecule has 0 unspecified atom stereocenters. The molecule has 0 spiro atoms. The van der Waals surface area contributed by atoms with Gasteiger partial charge in [-0.3, -0.25) is 4.18 Å². The predicted molar refractivity (Wildman–Crippen MR) is 63.7 cm³/mol. The zero-order valence-corrected chi connectivity index (χ0v) is 11.6. The smallest absolute Gasteiger partial charge is 0.217 e. The Labute approximate surface area is 99.3 Å². The molecule has 0 aliphatic heterocycles. The van der Waals surface area contributed by atoms with E-state index in [2.05, 4.69) is 38.8 Å². The number of hydrogen-bond acceptors (Lipinski definition) is 4. The van der Waals surface area contributed by atoms with Crippen LogP contribution in [0.2, 0.25) is 0 Å². The average Bonchev–Trinajstić information content (AvgIpc) is 2.00. The van der Waals surface area contributed by atoms with Crippen molar-refractivity contribution in [1.82, 2.24) is 0 Å². The van der Waals surface area contributed by atoms with E-state index in [0.717, 1.165) is 11.6 Å². The fraction of sp³-hybridized carbons (Fsp3) is 0.800. The summed E-state index contributed by atoms with van der Waals surface area (Å²) in [5, 5.41) is 0. The first kappa shape index (κ1) is 17.9. The van der Waals surface area contributed by atoms with Crippen LogP contribution in [0.4, 0.5) is 0 Å². The van der Waals surface area contributed by atoms with Crippen molar-refractivity contribution in [3.63, 3.8) is 0 Å². The molecule has 0 rings (SSSR count). The van der Waals surface area contributed by atoms with Crippen molar-refractivity contribution in [3.8, 4) is 0 Å². The van der Waals surface area contributed by atoms with Gasteiger partial charge >= 0.3 is 0 Å². The van der Waals surface area contributed by atoms with Gasteiger partial charge in [0.2, 0.25) is 10.4 Å². The normalized spacial score (nSPS) is 11.6. The molecule has 0 aromatic rings. The van der Waals surface area contributed by atoms with Gasteiger partial charge in [-0.1, -0.05) is 5.57 Å². The maximum atomic E-state index is 9.22. The Bertz CT molecular complexity index is 290. The highest BCUT2D eigenvalue weighted by Crippen LogP contribution is 2.03. The first-order valence-corrected chi connectivity index (χ1v) is 6.27. The van der Waals surface area contributed by atoms with E-state index in [0.29, 0.717) is 0 Å². The van der Waals surface area contributed by atoms with Crippen LogP contribution in [0.1, 0.15) is 19.8 Å². The van der Waals surface area contributed by atoms with E-state index < -0.39 is 10.4 Å². The lowest BCUT2D eigenvalue weighted by atomic mass is 10.2. The standard InChI is InChI=1S/C9H20N.CH4O4S/c1-9(2)7-6-8-10(3,4)5;1-5-6(2,3)4/h1,6-8H2,2-5H3;1H3,(H,2,3,4)/q+1;/p-1. The van der Waals surface area contributed by atoms with Crippen LogP contribution in [-0.4, -0.2) is 52.3 Å². The summed E-state index contributed by atoms with van der Waals surface area (Å²) in [6.45, 7) is 7.20. The molecule has 0 radical (unpaired) electrons. The van der Waals surface area contributed by atoms with Gasteiger partial charge in [-0.05, 0) is 13.3 Å². The Hall–Kier alpha value is -0.430. The van der Waals surface area contributed by atoms with E-state index in [1.54, 1.807) is 0 Å². The maximum Gasteiger partial charge on any atom is 0.217 e. The molecule has 0 heterocycles. The highest BCUT2D eigenvalue weighted by molar-refractivity contribution is 7.80. The van der Waals surface area contributed by atoms with Crippen LogP contribution in [0.3, 0.4) is 0 Å². The van der Waals surface area contributed by atoms with Crippen LogP contribution in [0.5, 0.6) is 0 Å². The molecular formula is C10H23NO4S.